The van der Waals surface area contributed by atoms with E-state index < -0.39 is 28.5 Å². The quantitative estimate of drug-likeness (QED) is 0.500. The van der Waals surface area contributed by atoms with Crippen molar-refractivity contribution in [3.8, 4) is 5.75 Å². The van der Waals surface area contributed by atoms with E-state index in [1.807, 2.05) is 13.8 Å². The minimum Gasteiger partial charge on any atom is -0.497 e. The van der Waals surface area contributed by atoms with Crippen molar-refractivity contribution in [2.24, 2.45) is 0 Å². The molecule has 34 heavy (non-hydrogen) atoms. The minimum atomic E-state index is -3.80. The summed E-state index contributed by atoms with van der Waals surface area (Å²) in [5.41, 5.74) is 0.970. The molecule has 1 N–H and O–H groups in total. The molecular weight excluding hydrogens is 478 g/mol. The van der Waals surface area contributed by atoms with Crippen molar-refractivity contribution < 1.29 is 22.7 Å². The van der Waals surface area contributed by atoms with E-state index in [1.165, 1.54) is 12.0 Å². The Morgan fingerprint density at radius 3 is 2.21 bits per heavy atom. The molecule has 0 aromatic heterocycles. The molecular formula is C24H32ClN3O5S. The summed E-state index contributed by atoms with van der Waals surface area (Å²) in [7, 11) is -2.29. The number of sulfonamides is 1. The Balaban J connectivity index is 2.44. The molecule has 0 bridgehead atoms. The first-order chi connectivity index (χ1) is 16.0. The highest BCUT2D eigenvalue weighted by Crippen LogP contribution is 2.24. The van der Waals surface area contributed by atoms with Crippen molar-refractivity contribution in [3.63, 3.8) is 0 Å². The van der Waals surface area contributed by atoms with E-state index in [4.69, 9.17) is 16.3 Å². The second-order valence-corrected chi connectivity index (χ2v) is 10.5. The second kappa shape index (κ2) is 12.1. The third kappa shape index (κ3) is 7.36. The van der Waals surface area contributed by atoms with E-state index in [2.05, 4.69) is 5.32 Å². The number of rotatable bonds is 11. The number of nitrogens with one attached hydrogen (secondary N) is 1. The average molecular weight is 510 g/mol. The lowest BCUT2D eigenvalue weighted by molar-refractivity contribution is -0.140. The number of hydrogen-bond acceptors (Lipinski definition) is 5. The van der Waals surface area contributed by atoms with Crippen molar-refractivity contribution >= 4 is 39.1 Å². The standard InChI is InChI=1S/C24H32ClN3O5S/c1-6-22(24(30)26-17(2)3)27(15-18-9-7-8-10-21(18)25)23(29)16-28(34(5,31)32)19-11-13-20(33-4)14-12-19/h7-14,17,22H,6,15-16H2,1-5H3,(H,26,30). The van der Waals surface area contributed by atoms with Crippen LogP contribution in [-0.4, -0.2) is 57.1 Å². The third-order valence-electron chi connectivity index (χ3n) is 5.15. The van der Waals surface area contributed by atoms with Gasteiger partial charge in [-0.05, 0) is 56.2 Å². The third-order valence-corrected chi connectivity index (χ3v) is 6.66. The average Bonchev–Trinajstić information content (AvgIpc) is 2.77. The number of halogens is 1. The summed E-state index contributed by atoms with van der Waals surface area (Å²) in [5.74, 6) is -0.277. The summed E-state index contributed by atoms with van der Waals surface area (Å²) < 4.78 is 31.3. The number of methoxy groups -OCH3 is 1. The molecule has 0 aliphatic rings. The van der Waals surface area contributed by atoms with Gasteiger partial charge in [0.15, 0.2) is 0 Å². The maximum absolute atomic E-state index is 13.6. The van der Waals surface area contributed by atoms with Crippen LogP contribution in [0.25, 0.3) is 0 Å². The van der Waals surface area contributed by atoms with Gasteiger partial charge in [-0.15, -0.1) is 0 Å². The van der Waals surface area contributed by atoms with Gasteiger partial charge in [0.25, 0.3) is 0 Å². The number of anilines is 1. The molecule has 1 unspecified atom stereocenters. The fraction of sp³-hybridized carbons (Fsp3) is 0.417. The zero-order valence-electron chi connectivity index (χ0n) is 20.1. The summed E-state index contributed by atoms with van der Waals surface area (Å²) in [5, 5.41) is 3.30. The lowest BCUT2D eigenvalue weighted by Crippen LogP contribution is -2.53. The zero-order valence-corrected chi connectivity index (χ0v) is 21.7. The Morgan fingerprint density at radius 1 is 1.09 bits per heavy atom. The van der Waals surface area contributed by atoms with Crippen LogP contribution in [0.2, 0.25) is 5.02 Å². The summed E-state index contributed by atoms with van der Waals surface area (Å²) in [6, 6.07) is 12.5. The number of nitrogens with zero attached hydrogens (tertiary/aromatic N) is 2. The van der Waals surface area contributed by atoms with Crippen LogP contribution in [0.15, 0.2) is 48.5 Å². The largest absolute Gasteiger partial charge is 0.497 e. The maximum Gasteiger partial charge on any atom is 0.244 e. The minimum absolute atomic E-state index is 0.0583. The smallest absolute Gasteiger partial charge is 0.244 e. The highest BCUT2D eigenvalue weighted by Gasteiger charge is 2.32. The Bertz CT molecular complexity index is 1090. The van der Waals surface area contributed by atoms with E-state index in [0.717, 1.165) is 10.6 Å². The van der Waals surface area contributed by atoms with Crippen molar-refractivity contribution in [2.75, 3.05) is 24.2 Å². The van der Waals surface area contributed by atoms with Gasteiger partial charge in [-0.2, -0.15) is 0 Å². The molecule has 0 saturated carbocycles. The van der Waals surface area contributed by atoms with E-state index in [1.54, 1.807) is 55.5 Å². The Morgan fingerprint density at radius 2 is 1.71 bits per heavy atom. The summed E-state index contributed by atoms with van der Waals surface area (Å²) in [4.78, 5) is 27.9. The number of carbonyl (C=O) groups is 2. The Labute approximate surface area is 206 Å². The van der Waals surface area contributed by atoms with Crippen LogP contribution in [0.4, 0.5) is 5.69 Å². The Hall–Kier alpha value is -2.78. The van der Waals surface area contributed by atoms with Crippen molar-refractivity contribution in [2.45, 2.75) is 45.8 Å². The van der Waals surface area contributed by atoms with E-state index in [9.17, 15) is 18.0 Å². The van der Waals surface area contributed by atoms with Crippen LogP contribution >= 0.6 is 11.6 Å². The van der Waals surface area contributed by atoms with Gasteiger partial charge in [0.1, 0.15) is 18.3 Å². The molecule has 0 aliphatic carbocycles. The first kappa shape index (κ1) is 27.5. The molecule has 1 atom stereocenters. The van der Waals surface area contributed by atoms with Crippen molar-refractivity contribution in [1.29, 1.82) is 0 Å². The topological polar surface area (TPSA) is 96.0 Å². The molecule has 2 aromatic rings. The fourth-order valence-electron chi connectivity index (χ4n) is 3.47. The molecule has 0 spiro atoms. The summed E-state index contributed by atoms with van der Waals surface area (Å²) in [6.07, 6.45) is 1.38. The van der Waals surface area contributed by atoms with Crippen LogP contribution < -0.4 is 14.4 Å². The van der Waals surface area contributed by atoms with Gasteiger partial charge in [0.2, 0.25) is 21.8 Å². The highest BCUT2D eigenvalue weighted by atomic mass is 35.5. The molecule has 0 radical (unpaired) electrons. The molecule has 8 nitrogen and oxygen atoms in total. The van der Waals surface area contributed by atoms with Gasteiger partial charge in [0.05, 0.1) is 19.1 Å². The molecule has 186 valence electrons. The van der Waals surface area contributed by atoms with Crippen LogP contribution in [0, 0.1) is 0 Å². The van der Waals surface area contributed by atoms with Crippen molar-refractivity contribution in [1.82, 2.24) is 10.2 Å². The van der Waals surface area contributed by atoms with Crippen LogP contribution in [0.3, 0.4) is 0 Å². The monoisotopic (exact) mass is 509 g/mol. The molecule has 2 aromatic carbocycles. The molecule has 0 aliphatic heterocycles. The number of hydrogen-bond donors (Lipinski definition) is 1. The van der Waals surface area contributed by atoms with Gasteiger partial charge >= 0.3 is 0 Å². The van der Waals surface area contributed by atoms with E-state index >= 15 is 0 Å². The first-order valence-corrected chi connectivity index (χ1v) is 13.2. The molecule has 10 heteroatoms. The normalized spacial score (nSPS) is 12.2. The molecule has 0 saturated heterocycles. The van der Waals surface area contributed by atoms with Crippen molar-refractivity contribution in [3.05, 3.63) is 59.1 Å². The summed E-state index contributed by atoms with van der Waals surface area (Å²) in [6.45, 7) is 5.05. The lowest BCUT2D eigenvalue weighted by Gasteiger charge is -2.33. The van der Waals surface area contributed by atoms with Gasteiger partial charge in [0, 0.05) is 17.6 Å². The summed E-state index contributed by atoms with van der Waals surface area (Å²) >= 11 is 6.33. The molecule has 0 heterocycles. The van der Waals surface area contributed by atoms with Crippen LogP contribution in [-0.2, 0) is 26.2 Å². The lowest BCUT2D eigenvalue weighted by atomic mass is 10.1. The van der Waals surface area contributed by atoms with E-state index in [0.29, 0.717) is 28.4 Å². The zero-order chi connectivity index (χ0) is 25.5. The first-order valence-electron chi connectivity index (χ1n) is 10.9. The van der Waals surface area contributed by atoms with Gasteiger partial charge in [-0.3, -0.25) is 13.9 Å². The highest BCUT2D eigenvalue weighted by molar-refractivity contribution is 7.92. The van der Waals surface area contributed by atoms with Crippen LogP contribution in [0.5, 0.6) is 5.75 Å². The van der Waals surface area contributed by atoms with E-state index in [-0.39, 0.29) is 18.5 Å². The number of ether oxygens (including phenoxy) is 1. The number of benzene rings is 2. The second-order valence-electron chi connectivity index (χ2n) is 8.17. The molecule has 2 rings (SSSR count). The number of carbonyl (C=O) groups excluding carboxylic acids is 2. The molecule has 2 amide bonds. The van der Waals surface area contributed by atoms with Gasteiger partial charge in [-0.25, -0.2) is 8.42 Å². The predicted molar refractivity (Wildman–Crippen MR) is 135 cm³/mol. The predicted octanol–water partition coefficient (Wildman–Crippen LogP) is 3.45. The SMILES string of the molecule is CCC(C(=O)NC(C)C)N(Cc1ccccc1Cl)C(=O)CN(c1ccc(OC)cc1)S(C)(=O)=O. The van der Waals surface area contributed by atoms with Crippen LogP contribution in [0.1, 0.15) is 32.8 Å². The maximum atomic E-state index is 13.6. The fourth-order valence-corrected chi connectivity index (χ4v) is 4.52. The van der Waals surface area contributed by atoms with Gasteiger partial charge in [-0.1, -0.05) is 36.7 Å². The van der Waals surface area contributed by atoms with Gasteiger partial charge < -0.3 is 15.0 Å². The molecule has 0 fully saturated rings. The Kier molecular flexibility index (Phi) is 9.76. The number of amides is 2.